The maximum atomic E-state index is 4.84. The highest BCUT2D eigenvalue weighted by Crippen LogP contribution is 2.43. The molecule has 2 heteroatoms. The molecule has 298 valence electrons. The second-order valence-electron chi connectivity index (χ2n) is 16.3. The summed E-state index contributed by atoms with van der Waals surface area (Å²) in [5, 5.41) is 4.91. The molecule has 2 nitrogen and oxygen atoms in total. The SMILES string of the molecule is C=C(c1cc(N(c2ccc(-c3ccccc3)cc2)c2cccc(-c3ccc(-n4c5ccccc5c5ccccc54)cc3)c2)ccc1-c1ccccc1C)c1cccc2ccccc12. The molecule has 0 saturated heterocycles. The molecule has 1 heterocycles. The summed E-state index contributed by atoms with van der Waals surface area (Å²) in [4.78, 5) is 2.38. The second-order valence-corrected chi connectivity index (χ2v) is 16.3. The monoisotopic (exact) mass is 804 g/mol. The summed E-state index contributed by atoms with van der Waals surface area (Å²) in [5.41, 5.74) is 18.2. The summed E-state index contributed by atoms with van der Waals surface area (Å²) < 4.78 is 2.37. The Bertz CT molecular complexity index is 3410. The maximum Gasteiger partial charge on any atom is 0.0541 e. The predicted molar refractivity (Wildman–Crippen MR) is 269 cm³/mol. The summed E-state index contributed by atoms with van der Waals surface area (Å²) in [6, 6.07) is 85.4. The van der Waals surface area contributed by atoms with Crippen molar-refractivity contribution in [1.82, 2.24) is 4.57 Å². The molecule has 0 aliphatic heterocycles. The Morgan fingerprint density at radius 1 is 0.381 bits per heavy atom. The molecular weight excluding hydrogens is 761 g/mol. The van der Waals surface area contributed by atoms with Gasteiger partial charge in [-0.1, -0.05) is 183 Å². The van der Waals surface area contributed by atoms with E-state index in [-0.39, 0.29) is 0 Å². The lowest BCUT2D eigenvalue weighted by Gasteiger charge is -2.28. The molecule has 0 aliphatic rings. The second kappa shape index (κ2) is 16.0. The van der Waals surface area contributed by atoms with Crippen LogP contribution < -0.4 is 4.90 Å². The van der Waals surface area contributed by atoms with Crippen LogP contribution in [0, 0.1) is 6.92 Å². The number of aromatic nitrogens is 1. The minimum Gasteiger partial charge on any atom is -0.310 e. The van der Waals surface area contributed by atoms with Gasteiger partial charge in [-0.3, -0.25) is 0 Å². The summed E-state index contributed by atoms with van der Waals surface area (Å²) in [5.74, 6) is 0. The molecule has 0 spiro atoms. The van der Waals surface area contributed by atoms with Crippen molar-refractivity contribution in [2.24, 2.45) is 0 Å². The molecular formula is C61H44N2. The van der Waals surface area contributed by atoms with Gasteiger partial charge in [0.2, 0.25) is 0 Å². The van der Waals surface area contributed by atoms with Gasteiger partial charge < -0.3 is 9.47 Å². The number of fused-ring (bicyclic) bond motifs is 4. The van der Waals surface area contributed by atoms with Gasteiger partial charge in [-0.25, -0.2) is 0 Å². The number of nitrogens with zero attached hydrogens (tertiary/aromatic N) is 2. The van der Waals surface area contributed by atoms with Crippen molar-refractivity contribution in [2.45, 2.75) is 6.92 Å². The summed E-state index contributed by atoms with van der Waals surface area (Å²) in [7, 11) is 0. The molecule has 0 atom stereocenters. The van der Waals surface area contributed by atoms with E-state index >= 15 is 0 Å². The summed E-state index contributed by atoms with van der Waals surface area (Å²) >= 11 is 0. The van der Waals surface area contributed by atoms with Gasteiger partial charge in [-0.05, 0) is 134 Å². The molecule has 0 fully saturated rings. The molecule has 63 heavy (non-hydrogen) atoms. The van der Waals surface area contributed by atoms with Crippen LogP contribution in [0.25, 0.3) is 77.2 Å². The quantitative estimate of drug-likeness (QED) is 0.141. The number of rotatable bonds is 9. The third-order valence-corrected chi connectivity index (χ3v) is 12.5. The lowest BCUT2D eigenvalue weighted by molar-refractivity contribution is 1.18. The highest BCUT2D eigenvalue weighted by molar-refractivity contribution is 6.09. The minimum absolute atomic E-state index is 0.989. The molecule has 0 radical (unpaired) electrons. The fourth-order valence-corrected chi connectivity index (χ4v) is 9.37. The number of hydrogen-bond donors (Lipinski definition) is 0. The first kappa shape index (κ1) is 37.8. The van der Waals surface area contributed by atoms with Gasteiger partial charge in [0.15, 0.2) is 0 Å². The van der Waals surface area contributed by atoms with Gasteiger partial charge in [0.25, 0.3) is 0 Å². The van der Waals surface area contributed by atoms with Crippen LogP contribution in [0.15, 0.2) is 243 Å². The predicted octanol–water partition coefficient (Wildman–Crippen LogP) is 16.8. The average molecular weight is 805 g/mol. The third kappa shape index (κ3) is 6.89. The molecule has 0 aliphatic carbocycles. The Kier molecular flexibility index (Phi) is 9.60. The fraction of sp³-hybridized carbons (Fsp3) is 0.0164. The van der Waals surface area contributed by atoms with Crippen molar-refractivity contribution in [3.8, 4) is 39.1 Å². The zero-order valence-electron chi connectivity index (χ0n) is 35.1. The van der Waals surface area contributed by atoms with E-state index in [1.807, 2.05) is 0 Å². The molecule has 0 amide bonds. The van der Waals surface area contributed by atoms with Gasteiger partial charge >= 0.3 is 0 Å². The standard InChI is InChI=1S/C61H44N2/c1-42-16-6-8-23-53(42)56-39-38-52(41-59(56)43(2)54-27-15-20-47-19-7-9-24-55(47)54)62(49-34-30-45(31-35-49)44-17-4-3-5-18-44)51-22-14-21-48(40-51)46-32-36-50(37-33-46)63-60-28-12-10-25-57(60)58-26-11-13-29-61(58)63/h3-41H,2H2,1H3. The first-order chi connectivity index (χ1) is 31.1. The first-order valence-corrected chi connectivity index (χ1v) is 21.6. The van der Waals surface area contributed by atoms with Gasteiger partial charge in [0.1, 0.15) is 0 Å². The van der Waals surface area contributed by atoms with Crippen LogP contribution in [0.2, 0.25) is 0 Å². The Balaban J connectivity index is 1.05. The highest BCUT2D eigenvalue weighted by Gasteiger charge is 2.20. The van der Waals surface area contributed by atoms with E-state index in [9.17, 15) is 0 Å². The Labute approximate surface area is 368 Å². The number of anilines is 3. The topological polar surface area (TPSA) is 8.17 Å². The van der Waals surface area contributed by atoms with E-state index in [1.165, 1.54) is 54.8 Å². The lowest BCUT2D eigenvalue weighted by atomic mass is 9.87. The van der Waals surface area contributed by atoms with E-state index in [4.69, 9.17) is 6.58 Å². The van der Waals surface area contributed by atoms with E-state index in [0.717, 1.165) is 56.1 Å². The fourth-order valence-electron chi connectivity index (χ4n) is 9.37. The maximum absolute atomic E-state index is 4.84. The molecule has 1 aromatic heterocycles. The van der Waals surface area contributed by atoms with Gasteiger partial charge in [-0.15, -0.1) is 0 Å². The minimum atomic E-state index is 0.989. The highest BCUT2D eigenvalue weighted by atomic mass is 15.1. The molecule has 0 bridgehead atoms. The number of benzene rings is 10. The lowest BCUT2D eigenvalue weighted by Crippen LogP contribution is -2.11. The molecule has 11 aromatic rings. The Morgan fingerprint density at radius 3 is 1.67 bits per heavy atom. The molecule has 0 saturated carbocycles. The zero-order chi connectivity index (χ0) is 42.3. The van der Waals surface area contributed by atoms with Crippen molar-refractivity contribution in [3.05, 3.63) is 260 Å². The van der Waals surface area contributed by atoms with Crippen molar-refractivity contribution >= 4 is 55.2 Å². The van der Waals surface area contributed by atoms with Crippen molar-refractivity contribution in [1.29, 1.82) is 0 Å². The average Bonchev–Trinajstić information content (AvgIpc) is 3.69. The first-order valence-electron chi connectivity index (χ1n) is 21.6. The van der Waals surface area contributed by atoms with Crippen molar-refractivity contribution in [3.63, 3.8) is 0 Å². The van der Waals surface area contributed by atoms with E-state index < -0.39 is 0 Å². The van der Waals surface area contributed by atoms with Crippen LogP contribution in [-0.2, 0) is 0 Å². The smallest absolute Gasteiger partial charge is 0.0541 e. The van der Waals surface area contributed by atoms with E-state index in [2.05, 4.69) is 253 Å². The van der Waals surface area contributed by atoms with Gasteiger partial charge in [-0.2, -0.15) is 0 Å². The van der Waals surface area contributed by atoms with Crippen molar-refractivity contribution < 1.29 is 0 Å². The summed E-state index contributed by atoms with van der Waals surface area (Å²) in [6.07, 6.45) is 0. The van der Waals surface area contributed by atoms with Gasteiger partial charge in [0, 0.05) is 33.5 Å². The van der Waals surface area contributed by atoms with Gasteiger partial charge in [0.05, 0.1) is 11.0 Å². The van der Waals surface area contributed by atoms with E-state index in [0.29, 0.717) is 0 Å². The molecule has 0 N–H and O–H groups in total. The zero-order valence-corrected chi connectivity index (χ0v) is 35.1. The molecule has 0 unspecified atom stereocenters. The molecule has 11 rings (SSSR count). The number of para-hydroxylation sites is 2. The summed E-state index contributed by atoms with van der Waals surface area (Å²) in [6.45, 7) is 7.03. The third-order valence-electron chi connectivity index (χ3n) is 12.5. The number of aryl methyl sites for hydroxylation is 1. The van der Waals surface area contributed by atoms with Crippen LogP contribution in [-0.4, -0.2) is 4.57 Å². The normalized spacial score (nSPS) is 11.3. The number of hydrogen-bond acceptors (Lipinski definition) is 1. The van der Waals surface area contributed by atoms with Crippen LogP contribution in [0.5, 0.6) is 0 Å². The Hall–Kier alpha value is -8.20. The largest absolute Gasteiger partial charge is 0.310 e. The Morgan fingerprint density at radius 2 is 0.921 bits per heavy atom. The van der Waals surface area contributed by atoms with Crippen LogP contribution in [0.4, 0.5) is 17.1 Å². The molecule has 10 aromatic carbocycles. The van der Waals surface area contributed by atoms with Crippen LogP contribution >= 0.6 is 0 Å². The van der Waals surface area contributed by atoms with E-state index in [1.54, 1.807) is 0 Å². The van der Waals surface area contributed by atoms with Crippen molar-refractivity contribution in [2.75, 3.05) is 4.90 Å². The van der Waals surface area contributed by atoms with Crippen LogP contribution in [0.3, 0.4) is 0 Å². The van der Waals surface area contributed by atoms with Crippen LogP contribution in [0.1, 0.15) is 16.7 Å².